The minimum atomic E-state index is -0.826. The largest absolute Gasteiger partial charge is 0.491 e. The van der Waals surface area contributed by atoms with Gasteiger partial charge in [0.1, 0.15) is 17.9 Å². The van der Waals surface area contributed by atoms with Gasteiger partial charge in [0.25, 0.3) is 0 Å². The van der Waals surface area contributed by atoms with Crippen molar-refractivity contribution in [1.82, 2.24) is 5.32 Å². The molecule has 1 atom stereocenters. The van der Waals surface area contributed by atoms with Crippen LogP contribution in [0.2, 0.25) is 0 Å². The van der Waals surface area contributed by atoms with E-state index in [-0.39, 0.29) is 12.6 Å². The molecule has 0 aromatic heterocycles. The van der Waals surface area contributed by atoms with Gasteiger partial charge in [-0.15, -0.1) is 0 Å². The van der Waals surface area contributed by atoms with Crippen LogP contribution in [0.1, 0.15) is 25.8 Å². The zero-order valence-electron chi connectivity index (χ0n) is 12.2. The molecule has 1 rings (SSSR count). The standard InChI is InChI=1S/C15H23NO3/c1-5-10-16-15(3,14(17)18-4)11-19-13-9-7-6-8-12(13)2/h6-9,16H,5,10-11H2,1-4H3. The second kappa shape index (κ2) is 7.14. The number of methoxy groups -OCH3 is 1. The number of rotatable bonds is 7. The first-order valence-corrected chi connectivity index (χ1v) is 6.55. The van der Waals surface area contributed by atoms with Crippen molar-refractivity contribution in [3.63, 3.8) is 0 Å². The summed E-state index contributed by atoms with van der Waals surface area (Å²) in [6.45, 7) is 6.80. The number of hydrogen-bond donors (Lipinski definition) is 1. The van der Waals surface area contributed by atoms with E-state index in [1.165, 1.54) is 7.11 Å². The van der Waals surface area contributed by atoms with E-state index >= 15 is 0 Å². The van der Waals surface area contributed by atoms with Crippen LogP contribution in [0.4, 0.5) is 0 Å². The second-order valence-electron chi connectivity index (χ2n) is 4.80. The van der Waals surface area contributed by atoms with Crippen molar-refractivity contribution in [2.45, 2.75) is 32.7 Å². The molecule has 4 heteroatoms. The number of benzene rings is 1. The van der Waals surface area contributed by atoms with Crippen molar-refractivity contribution in [2.75, 3.05) is 20.3 Å². The van der Waals surface area contributed by atoms with Crippen molar-refractivity contribution in [1.29, 1.82) is 0 Å². The Morgan fingerprint density at radius 3 is 2.63 bits per heavy atom. The Morgan fingerprint density at radius 2 is 2.05 bits per heavy atom. The van der Waals surface area contributed by atoms with E-state index in [0.29, 0.717) is 0 Å². The molecular formula is C15H23NO3. The van der Waals surface area contributed by atoms with Gasteiger partial charge in [-0.25, -0.2) is 4.79 Å². The zero-order chi connectivity index (χ0) is 14.3. The van der Waals surface area contributed by atoms with Gasteiger partial charge in [0, 0.05) is 0 Å². The zero-order valence-corrected chi connectivity index (χ0v) is 12.2. The van der Waals surface area contributed by atoms with Gasteiger partial charge in [-0.2, -0.15) is 0 Å². The van der Waals surface area contributed by atoms with Crippen LogP contribution < -0.4 is 10.1 Å². The summed E-state index contributed by atoms with van der Waals surface area (Å²) in [6.07, 6.45) is 0.941. The van der Waals surface area contributed by atoms with E-state index in [0.717, 1.165) is 24.3 Å². The first-order valence-electron chi connectivity index (χ1n) is 6.55. The van der Waals surface area contributed by atoms with Crippen molar-refractivity contribution in [3.8, 4) is 5.75 Å². The summed E-state index contributed by atoms with van der Waals surface area (Å²) >= 11 is 0. The highest BCUT2D eigenvalue weighted by Gasteiger charge is 2.34. The van der Waals surface area contributed by atoms with Crippen molar-refractivity contribution in [3.05, 3.63) is 29.8 Å². The number of aryl methyl sites for hydroxylation is 1. The van der Waals surface area contributed by atoms with Gasteiger partial charge >= 0.3 is 5.97 Å². The molecule has 0 saturated heterocycles. The van der Waals surface area contributed by atoms with Gasteiger partial charge in [0.05, 0.1) is 7.11 Å². The maximum absolute atomic E-state index is 11.9. The lowest BCUT2D eigenvalue weighted by Crippen LogP contribution is -2.54. The molecule has 106 valence electrons. The molecule has 19 heavy (non-hydrogen) atoms. The van der Waals surface area contributed by atoms with E-state index < -0.39 is 5.54 Å². The summed E-state index contributed by atoms with van der Waals surface area (Å²) in [7, 11) is 1.39. The maximum atomic E-state index is 11.9. The van der Waals surface area contributed by atoms with Crippen LogP contribution >= 0.6 is 0 Å². The van der Waals surface area contributed by atoms with Gasteiger partial charge in [0.2, 0.25) is 0 Å². The molecule has 1 unspecified atom stereocenters. The molecule has 0 bridgehead atoms. The molecule has 0 spiro atoms. The number of carbonyl (C=O) groups excluding carboxylic acids is 1. The van der Waals surface area contributed by atoms with Gasteiger partial charge in [-0.05, 0) is 38.4 Å². The van der Waals surface area contributed by atoms with E-state index in [1.807, 2.05) is 38.1 Å². The summed E-state index contributed by atoms with van der Waals surface area (Å²) < 4.78 is 10.6. The van der Waals surface area contributed by atoms with Gasteiger partial charge in [-0.1, -0.05) is 25.1 Å². The molecule has 1 aromatic carbocycles. The molecule has 0 aliphatic carbocycles. The summed E-state index contributed by atoms with van der Waals surface area (Å²) in [5.74, 6) is 0.477. The summed E-state index contributed by atoms with van der Waals surface area (Å²) in [4.78, 5) is 11.9. The van der Waals surface area contributed by atoms with E-state index in [2.05, 4.69) is 5.32 Å². The molecule has 0 heterocycles. The third kappa shape index (κ3) is 4.24. The van der Waals surface area contributed by atoms with Crippen LogP contribution in [-0.2, 0) is 9.53 Å². The average molecular weight is 265 g/mol. The van der Waals surface area contributed by atoms with Crippen LogP contribution in [0, 0.1) is 6.92 Å². The molecule has 0 fully saturated rings. The number of ether oxygens (including phenoxy) is 2. The lowest BCUT2D eigenvalue weighted by Gasteiger charge is -2.28. The Morgan fingerprint density at radius 1 is 1.37 bits per heavy atom. The minimum Gasteiger partial charge on any atom is -0.491 e. The lowest BCUT2D eigenvalue weighted by atomic mass is 10.0. The first kappa shape index (κ1) is 15.5. The van der Waals surface area contributed by atoms with Crippen LogP contribution in [0.25, 0.3) is 0 Å². The maximum Gasteiger partial charge on any atom is 0.329 e. The molecule has 1 aromatic rings. The van der Waals surface area contributed by atoms with Crippen LogP contribution in [-0.4, -0.2) is 31.8 Å². The molecule has 0 radical (unpaired) electrons. The van der Waals surface area contributed by atoms with Crippen molar-refractivity contribution in [2.24, 2.45) is 0 Å². The first-order chi connectivity index (χ1) is 9.03. The highest BCUT2D eigenvalue weighted by molar-refractivity contribution is 5.80. The lowest BCUT2D eigenvalue weighted by molar-refractivity contribution is -0.149. The van der Waals surface area contributed by atoms with Gasteiger partial charge in [-0.3, -0.25) is 5.32 Å². The number of carbonyl (C=O) groups is 1. The van der Waals surface area contributed by atoms with Gasteiger partial charge < -0.3 is 9.47 Å². The topological polar surface area (TPSA) is 47.6 Å². The summed E-state index contributed by atoms with van der Waals surface area (Å²) in [5, 5.41) is 3.19. The van der Waals surface area contributed by atoms with Gasteiger partial charge in [0.15, 0.2) is 0 Å². The Balaban J connectivity index is 2.73. The third-order valence-corrected chi connectivity index (χ3v) is 3.01. The van der Waals surface area contributed by atoms with E-state index in [1.54, 1.807) is 6.92 Å². The van der Waals surface area contributed by atoms with Crippen molar-refractivity contribution >= 4 is 5.97 Å². The Labute approximate surface area is 115 Å². The summed E-state index contributed by atoms with van der Waals surface area (Å²) in [5.41, 5.74) is 0.220. The highest BCUT2D eigenvalue weighted by Crippen LogP contribution is 2.18. The molecule has 0 amide bonds. The fraction of sp³-hybridized carbons (Fsp3) is 0.533. The third-order valence-electron chi connectivity index (χ3n) is 3.01. The fourth-order valence-corrected chi connectivity index (χ4v) is 1.75. The molecular weight excluding hydrogens is 242 g/mol. The van der Waals surface area contributed by atoms with E-state index in [4.69, 9.17) is 9.47 Å². The average Bonchev–Trinajstić information content (AvgIpc) is 2.43. The second-order valence-corrected chi connectivity index (χ2v) is 4.80. The minimum absolute atomic E-state index is 0.241. The SMILES string of the molecule is CCCNC(C)(COc1ccccc1C)C(=O)OC. The Bertz CT molecular complexity index is 420. The summed E-state index contributed by atoms with van der Waals surface area (Å²) in [6, 6.07) is 7.74. The van der Waals surface area contributed by atoms with E-state index in [9.17, 15) is 4.79 Å². The monoisotopic (exact) mass is 265 g/mol. The van der Waals surface area contributed by atoms with Crippen LogP contribution in [0.3, 0.4) is 0 Å². The van der Waals surface area contributed by atoms with Crippen LogP contribution in [0.5, 0.6) is 5.75 Å². The smallest absolute Gasteiger partial charge is 0.329 e. The number of para-hydroxylation sites is 1. The molecule has 0 saturated carbocycles. The predicted octanol–water partition coefficient (Wildman–Crippen LogP) is 2.31. The quantitative estimate of drug-likeness (QED) is 0.769. The number of hydrogen-bond acceptors (Lipinski definition) is 4. The Hall–Kier alpha value is -1.55. The molecule has 4 nitrogen and oxygen atoms in total. The number of nitrogens with one attached hydrogen (secondary N) is 1. The number of esters is 1. The van der Waals surface area contributed by atoms with Crippen LogP contribution in [0.15, 0.2) is 24.3 Å². The molecule has 0 aliphatic heterocycles. The fourth-order valence-electron chi connectivity index (χ4n) is 1.75. The van der Waals surface area contributed by atoms with Crippen molar-refractivity contribution < 1.29 is 14.3 Å². The normalized spacial score (nSPS) is 13.7. The predicted molar refractivity (Wildman–Crippen MR) is 75.4 cm³/mol. The highest BCUT2D eigenvalue weighted by atomic mass is 16.5. The Kier molecular flexibility index (Phi) is 5.83. The molecule has 1 N–H and O–H groups in total. The molecule has 0 aliphatic rings.